The summed E-state index contributed by atoms with van der Waals surface area (Å²) in [6.07, 6.45) is 1.66. The van der Waals surface area contributed by atoms with Gasteiger partial charge in [0.15, 0.2) is 0 Å². The average molecular weight is 357 g/mol. The van der Waals surface area contributed by atoms with E-state index in [1.807, 2.05) is 63.0 Å². The van der Waals surface area contributed by atoms with Crippen molar-refractivity contribution in [3.05, 3.63) is 47.7 Å². The van der Waals surface area contributed by atoms with E-state index in [0.717, 1.165) is 5.56 Å². The van der Waals surface area contributed by atoms with Crippen molar-refractivity contribution in [3.8, 4) is 0 Å². The first-order valence-electron chi connectivity index (χ1n) is 8.90. The highest BCUT2D eigenvalue weighted by molar-refractivity contribution is 5.93. The van der Waals surface area contributed by atoms with Crippen molar-refractivity contribution < 1.29 is 9.53 Å². The number of rotatable bonds is 8. The molecule has 7 heteroatoms. The van der Waals surface area contributed by atoms with Gasteiger partial charge in [-0.3, -0.25) is 9.69 Å². The van der Waals surface area contributed by atoms with E-state index in [2.05, 4.69) is 15.4 Å². The first-order valence-corrected chi connectivity index (χ1v) is 8.90. The van der Waals surface area contributed by atoms with Crippen molar-refractivity contribution in [1.82, 2.24) is 14.8 Å². The lowest BCUT2D eigenvalue weighted by molar-refractivity contribution is 0.0527. The van der Waals surface area contributed by atoms with Crippen LogP contribution in [-0.2, 0) is 11.3 Å². The molecule has 140 valence electrons. The highest BCUT2D eigenvalue weighted by atomic mass is 16.5. The molecule has 0 unspecified atom stereocenters. The Hall–Kier alpha value is -2.70. The molecule has 1 heterocycles. The van der Waals surface area contributed by atoms with Crippen LogP contribution in [-0.4, -0.2) is 39.4 Å². The Balaban J connectivity index is 2.31. The van der Waals surface area contributed by atoms with Crippen LogP contribution in [0.3, 0.4) is 0 Å². The topological polar surface area (TPSA) is 72.1 Å². The molecule has 0 aliphatic heterocycles. The Morgan fingerprint density at radius 1 is 1.19 bits per heavy atom. The third-order valence-electron chi connectivity index (χ3n) is 3.73. The van der Waals surface area contributed by atoms with Gasteiger partial charge >= 0.3 is 5.97 Å². The second kappa shape index (κ2) is 9.12. The fourth-order valence-corrected chi connectivity index (χ4v) is 2.59. The van der Waals surface area contributed by atoms with Crippen molar-refractivity contribution in [1.29, 1.82) is 0 Å². The third kappa shape index (κ3) is 5.15. The molecule has 0 fully saturated rings. The predicted octanol–water partition coefficient (Wildman–Crippen LogP) is 4.23. The molecule has 0 atom stereocenters. The summed E-state index contributed by atoms with van der Waals surface area (Å²) in [6.45, 7) is 10.8. The number of ether oxygens (including phenoxy) is 1. The van der Waals surface area contributed by atoms with Gasteiger partial charge in [-0.05, 0) is 40.2 Å². The number of hydrogen-bond acceptors (Lipinski definition) is 5. The molecule has 0 radical (unpaired) electrons. The quantitative estimate of drug-likeness (QED) is 0.403. The van der Waals surface area contributed by atoms with Crippen molar-refractivity contribution >= 4 is 11.8 Å². The molecule has 26 heavy (non-hydrogen) atoms. The number of esters is 1. The molecular weight excluding hydrogens is 330 g/mol. The van der Waals surface area contributed by atoms with Crippen molar-refractivity contribution in [2.24, 2.45) is 10.3 Å². The SMILES string of the molecule is CCOC(=O)c1cn(Cc2ccccc2)nc1N=NN(C(C)C)C(C)C. The van der Waals surface area contributed by atoms with Crippen LogP contribution >= 0.6 is 0 Å². The molecular formula is C19H27N5O2. The standard InChI is InChI=1S/C19H27N5O2/c1-6-26-19(25)17-13-23(12-16-10-8-7-9-11-16)21-18(17)20-22-24(14(2)3)15(4)5/h7-11,13-15H,6,12H2,1-5H3. The van der Waals surface area contributed by atoms with E-state index in [1.54, 1.807) is 17.8 Å². The number of benzene rings is 1. The zero-order chi connectivity index (χ0) is 19.1. The van der Waals surface area contributed by atoms with Crippen LogP contribution in [0, 0.1) is 0 Å². The van der Waals surface area contributed by atoms with E-state index in [4.69, 9.17) is 4.74 Å². The molecule has 0 aliphatic carbocycles. The Labute approximate surface area is 154 Å². The predicted molar refractivity (Wildman–Crippen MR) is 100 cm³/mol. The number of hydrogen-bond donors (Lipinski definition) is 0. The van der Waals surface area contributed by atoms with E-state index in [1.165, 1.54) is 0 Å². The van der Waals surface area contributed by atoms with Crippen LogP contribution in [0.5, 0.6) is 0 Å². The van der Waals surface area contributed by atoms with Gasteiger partial charge in [-0.2, -0.15) is 0 Å². The second-order valence-electron chi connectivity index (χ2n) is 6.53. The van der Waals surface area contributed by atoms with E-state index < -0.39 is 5.97 Å². The van der Waals surface area contributed by atoms with Crippen molar-refractivity contribution in [3.63, 3.8) is 0 Å². The minimum atomic E-state index is -0.443. The number of aromatic nitrogens is 2. The van der Waals surface area contributed by atoms with E-state index in [0.29, 0.717) is 18.7 Å². The van der Waals surface area contributed by atoms with Crippen LogP contribution in [0.15, 0.2) is 46.9 Å². The Morgan fingerprint density at radius 2 is 1.85 bits per heavy atom. The normalized spacial score (nSPS) is 11.5. The Bertz CT molecular complexity index is 730. The molecule has 0 aliphatic rings. The summed E-state index contributed by atoms with van der Waals surface area (Å²) in [7, 11) is 0. The maximum absolute atomic E-state index is 12.3. The molecule has 7 nitrogen and oxygen atoms in total. The third-order valence-corrected chi connectivity index (χ3v) is 3.73. The van der Waals surface area contributed by atoms with Gasteiger partial charge in [-0.25, -0.2) is 4.79 Å². The van der Waals surface area contributed by atoms with Gasteiger partial charge in [-0.1, -0.05) is 35.6 Å². The number of carbonyl (C=O) groups excluding carboxylic acids is 1. The van der Waals surface area contributed by atoms with Gasteiger partial charge < -0.3 is 4.74 Å². The minimum absolute atomic E-state index is 0.191. The highest BCUT2D eigenvalue weighted by Crippen LogP contribution is 2.20. The molecule has 0 amide bonds. The summed E-state index contributed by atoms with van der Waals surface area (Å²) in [5, 5.41) is 14.8. The van der Waals surface area contributed by atoms with Crippen LogP contribution in [0.1, 0.15) is 50.5 Å². The fourth-order valence-electron chi connectivity index (χ4n) is 2.59. The number of nitrogens with zero attached hydrogens (tertiary/aromatic N) is 5. The van der Waals surface area contributed by atoms with Crippen LogP contribution in [0.25, 0.3) is 0 Å². The molecule has 1 aromatic heterocycles. The van der Waals surface area contributed by atoms with Crippen molar-refractivity contribution in [2.45, 2.75) is 53.2 Å². The summed E-state index contributed by atoms with van der Waals surface area (Å²) in [4.78, 5) is 12.3. The van der Waals surface area contributed by atoms with Gasteiger partial charge in [0.05, 0.1) is 13.2 Å². The zero-order valence-corrected chi connectivity index (χ0v) is 16.1. The van der Waals surface area contributed by atoms with Crippen molar-refractivity contribution in [2.75, 3.05) is 6.61 Å². The zero-order valence-electron chi connectivity index (χ0n) is 16.1. The second-order valence-corrected chi connectivity index (χ2v) is 6.53. The molecule has 0 bridgehead atoms. The molecule has 0 saturated heterocycles. The summed E-state index contributed by atoms with van der Waals surface area (Å²) in [5.74, 6) is -0.174. The number of carbonyl (C=O) groups is 1. The molecule has 1 aromatic carbocycles. The van der Waals surface area contributed by atoms with Crippen LogP contribution in [0.2, 0.25) is 0 Å². The summed E-state index contributed by atoms with van der Waals surface area (Å²) in [6, 6.07) is 10.3. The lowest BCUT2D eigenvalue weighted by atomic mass is 10.2. The molecule has 0 saturated carbocycles. The van der Waals surface area contributed by atoms with Crippen LogP contribution in [0.4, 0.5) is 5.82 Å². The lowest BCUT2D eigenvalue weighted by Crippen LogP contribution is -2.31. The summed E-state index contributed by atoms with van der Waals surface area (Å²) < 4.78 is 6.81. The average Bonchev–Trinajstić information content (AvgIpc) is 2.98. The van der Waals surface area contributed by atoms with Gasteiger partial charge in [0.25, 0.3) is 0 Å². The molecule has 0 N–H and O–H groups in total. The van der Waals surface area contributed by atoms with Gasteiger partial charge in [-0.15, -0.1) is 10.2 Å². The lowest BCUT2D eigenvalue weighted by Gasteiger charge is -2.25. The summed E-state index contributed by atoms with van der Waals surface area (Å²) >= 11 is 0. The maximum Gasteiger partial charge on any atom is 0.343 e. The highest BCUT2D eigenvalue weighted by Gasteiger charge is 2.19. The van der Waals surface area contributed by atoms with E-state index in [9.17, 15) is 4.79 Å². The smallest absolute Gasteiger partial charge is 0.343 e. The molecule has 0 spiro atoms. The van der Waals surface area contributed by atoms with Crippen LogP contribution < -0.4 is 0 Å². The van der Waals surface area contributed by atoms with E-state index in [-0.39, 0.29) is 17.9 Å². The first kappa shape index (κ1) is 19.6. The Morgan fingerprint density at radius 3 is 2.42 bits per heavy atom. The first-order chi connectivity index (χ1) is 12.4. The molecule has 2 aromatic rings. The molecule has 2 rings (SSSR count). The summed E-state index contributed by atoms with van der Waals surface area (Å²) in [5.41, 5.74) is 1.40. The van der Waals surface area contributed by atoms with E-state index >= 15 is 0 Å². The minimum Gasteiger partial charge on any atom is -0.462 e. The Kier molecular flexibility index (Phi) is 6.89. The van der Waals surface area contributed by atoms with Gasteiger partial charge in [0, 0.05) is 18.3 Å². The monoisotopic (exact) mass is 357 g/mol. The fraction of sp³-hybridized carbons (Fsp3) is 0.474. The van der Waals surface area contributed by atoms with Gasteiger partial charge in [0.2, 0.25) is 5.82 Å². The van der Waals surface area contributed by atoms with Gasteiger partial charge in [0.1, 0.15) is 5.56 Å². The maximum atomic E-state index is 12.3. The largest absolute Gasteiger partial charge is 0.462 e.